The fraction of sp³-hybridized carbons (Fsp3) is 0.605. The van der Waals surface area contributed by atoms with Crippen molar-refractivity contribution in [2.45, 2.75) is 128 Å². The summed E-state index contributed by atoms with van der Waals surface area (Å²) in [5, 5.41) is 6.73. The van der Waals surface area contributed by atoms with Crippen LogP contribution in [0.4, 0.5) is 13.6 Å². The van der Waals surface area contributed by atoms with Crippen molar-refractivity contribution in [2.24, 2.45) is 5.16 Å². The van der Waals surface area contributed by atoms with Gasteiger partial charge in [0, 0.05) is 43.4 Å². The number of rotatable bonds is 17. The molecule has 0 aliphatic carbocycles. The van der Waals surface area contributed by atoms with Crippen molar-refractivity contribution in [3.8, 4) is 5.75 Å². The van der Waals surface area contributed by atoms with Gasteiger partial charge in [-0.25, -0.2) is 13.6 Å². The van der Waals surface area contributed by atoms with E-state index in [9.17, 15) is 28.0 Å². The third-order valence-electron chi connectivity index (χ3n) is 10.2. The summed E-state index contributed by atoms with van der Waals surface area (Å²) in [6.45, 7) is 5.24. The van der Waals surface area contributed by atoms with Gasteiger partial charge in [-0.2, -0.15) is 0 Å². The van der Waals surface area contributed by atoms with Crippen molar-refractivity contribution in [3.63, 3.8) is 0 Å². The van der Waals surface area contributed by atoms with E-state index in [1.807, 2.05) is 13.8 Å². The van der Waals surface area contributed by atoms with Crippen LogP contribution < -0.4 is 15.5 Å². The minimum absolute atomic E-state index is 0.00325. The van der Waals surface area contributed by atoms with Crippen LogP contribution in [0.3, 0.4) is 0 Å². The van der Waals surface area contributed by atoms with Gasteiger partial charge in [0.2, 0.25) is 18.0 Å². The van der Waals surface area contributed by atoms with Crippen molar-refractivity contribution in [2.75, 3.05) is 19.9 Å². The number of benzene rings is 1. The van der Waals surface area contributed by atoms with E-state index in [0.717, 1.165) is 31.0 Å². The van der Waals surface area contributed by atoms with Gasteiger partial charge >= 0.3 is 6.16 Å². The predicted molar refractivity (Wildman–Crippen MR) is 188 cm³/mol. The molecule has 2 amide bonds. The van der Waals surface area contributed by atoms with Crippen LogP contribution >= 0.6 is 0 Å². The summed E-state index contributed by atoms with van der Waals surface area (Å²) in [5.41, 5.74) is -1.54. The number of pyridine rings is 1. The van der Waals surface area contributed by atoms with E-state index in [0.29, 0.717) is 31.7 Å². The highest BCUT2D eigenvalue weighted by Gasteiger charge is 2.54. The molecule has 2 bridgehead atoms. The lowest BCUT2D eigenvalue weighted by atomic mass is 9.84. The molecule has 12 nitrogen and oxygen atoms in total. The van der Waals surface area contributed by atoms with Gasteiger partial charge in [-0.15, -0.1) is 0 Å². The Morgan fingerprint density at radius 2 is 1.75 bits per heavy atom. The first-order chi connectivity index (χ1) is 25.0. The summed E-state index contributed by atoms with van der Waals surface area (Å²) in [6, 6.07) is 2.17. The molecule has 1 spiro atoms. The number of amides is 2. The third-order valence-corrected chi connectivity index (χ3v) is 10.2. The maximum atomic E-state index is 14.3. The van der Waals surface area contributed by atoms with Crippen LogP contribution in [0.5, 0.6) is 5.75 Å². The molecule has 284 valence electrons. The molecule has 4 heterocycles. The molecule has 52 heavy (non-hydrogen) atoms. The van der Waals surface area contributed by atoms with Crippen LogP contribution in [0.2, 0.25) is 0 Å². The normalized spacial score (nSPS) is 20.5. The van der Waals surface area contributed by atoms with E-state index in [1.165, 1.54) is 55.4 Å². The highest BCUT2D eigenvalue weighted by Crippen LogP contribution is 2.46. The number of unbranched alkanes of at least 4 members (excludes halogenated alkanes) is 9. The van der Waals surface area contributed by atoms with Crippen LogP contribution in [0.25, 0.3) is 0 Å². The average Bonchev–Trinajstić information content (AvgIpc) is 3.45. The van der Waals surface area contributed by atoms with E-state index in [-0.39, 0.29) is 37.0 Å². The summed E-state index contributed by atoms with van der Waals surface area (Å²) in [4.78, 5) is 61.6. The summed E-state index contributed by atoms with van der Waals surface area (Å²) in [5.74, 6) is -3.49. The molecule has 1 aromatic heterocycles. The Morgan fingerprint density at radius 1 is 1.04 bits per heavy atom. The number of nitrogens with zero attached hydrogens (tertiary/aromatic N) is 3. The van der Waals surface area contributed by atoms with Crippen LogP contribution in [-0.2, 0) is 20.9 Å². The Balaban J connectivity index is 1.30. The van der Waals surface area contributed by atoms with Crippen molar-refractivity contribution in [1.82, 2.24) is 14.8 Å². The molecule has 0 saturated carbocycles. The van der Waals surface area contributed by atoms with Crippen molar-refractivity contribution < 1.29 is 42.2 Å². The zero-order valence-electron chi connectivity index (χ0n) is 30.3. The average molecular weight is 729 g/mol. The van der Waals surface area contributed by atoms with E-state index >= 15 is 0 Å². The molecule has 3 aliphatic heterocycles. The lowest BCUT2D eigenvalue weighted by Crippen LogP contribution is -2.52. The fourth-order valence-corrected chi connectivity index (χ4v) is 7.27. The third kappa shape index (κ3) is 9.11. The molecule has 0 unspecified atom stereocenters. The monoisotopic (exact) mass is 728 g/mol. The highest BCUT2D eigenvalue weighted by atomic mass is 19.1. The Morgan fingerprint density at radius 3 is 2.42 bits per heavy atom. The molecule has 3 aliphatic rings. The molecule has 1 fully saturated rings. The summed E-state index contributed by atoms with van der Waals surface area (Å²) in [6.07, 6.45) is 13.2. The van der Waals surface area contributed by atoms with E-state index in [1.54, 1.807) is 4.90 Å². The first kappa shape index (κ1) is 38.7. The second-order valence-corrected chi connectivity index (χ2v) is 14.1. The molecule has 3 atom stereocenters. The number of carbonyl (C=O) groups is 3. The maximum absolute atomic E-state index is 14.3. The van der Waals surface area contributed by atoms with Gasteiger partial charge in [-0.1, -0.05) is 75.9 Å². The van der Waals surface area contributed by atoms with Crippen LogP contribution in [0, 0.1) is 11.6 Å². The summed E-state index contributed by atoms with van der Waals surface area (Å²) < 4.78 is 45.4. The number of carbonyl (C=O) groups excluding carboxylic acids is 3. The first-order valence-corrected chi connectivity index (χ1v) is 18.5. The van der Waals surface area contributed by atoms with Gasteiger partial charge in [0.15, 0.2) is 11.3 Å². The molecule has 2 aromatic rings. The van der Waals surface area contributed by atoms with Crippen LogP contribution in [0.1, 0.15) is 137 Å². The first-order valence-electron chi connectivity index (χ1n) is 18.5. The van der Waals surface area contributed by atoms with Gasteiger partial charge < -0.3 is 33.8 Å². The van der Waals surface area contributed by atoms with Gasteiger partial charge in [0.25, 0.3) is 11.8 Å². The van der Waals surface area contributed by atoms with E-state index in [2.05, 4.69) is 17.4 Å². The van der Waals surface area contributed by atoms with E-state index < -0.39 is 64.8 Å². The number of aromatic nitrogens is 1. The number of nitrogens with one attached hydrogen (secondary N) is 1. The lowest BCUT2D eigenvalue weighted by molar-refractivity contribution is -0.0658. The van der Waals surface area contributed by atoms with E-state index in [4.69, 9.17) is 19.0 Å². The molecule has 0 radical (unpaired) electrons. The van der Waals surface area contributed by atoms with Crippen molar-refractivity contribution in [3.05, 3.63) is 63.1 Å². The molecular weight excluding hydrogens is 678 g/mol. The minimum Gasteiger partial charge on any atom is -0.451 e. The number of hydrogen-bond acceptors (Lipinski definition) is 9. The zero-order valence-corrected chi connectivity index (χ0v) is 30.3. The number of fused-ring (bicyclic) bond motifs is 5. The molecule has 14 heteroatoms. The second-order valence-electron chi connectivity index (χ2n) is 14.1. The highest BCUT2D eigenvalue weighted by molar-refractivity contribution is 5.99. The Bertz CT molecular complexity index is 1700. The standard InChI is InChI=1S/C38H50F2N4O8/c1-4-5-6-7-8-9-10-11-12-13-18-49-37(48)51-24-50-34-32-36(47)43-23-31(38(17-16-26(43)3)20-25(2)42-52-38)44(32)22-29(33(34)45)35(46)41-21-27-14-15-28(39)19-30(27)40/h14-15,19,22,26,31H,4-13,16-18,20-21,23-24H2,1-3H3,(H,41,46)/t26-,31+,38-/m0/s1. The van der Waals surface area contributed by atoms with Crippen molar-refractivity contribution >= 4 is 23.7 Å². The summed E-state index contributed by atoms with van der Waals surface area (Å²) >= 11 is 0. The maximum Gasteiger partial charge on any atom is 0.511 e. The number of hydrogen-bond donors (Lipinski definition) is 1. The number of ether oxygens (including phenoxy) is 3. The molecule has 1 aromatic carbocycles. The van der Waals surface area contributed by atoms with Crippen LogP contribution in [-0.4, -0.2) is 64.7 Å². The predicted octanol–water partition coefficient (Wildman–Crippen LogP) is 7.18. The topological polar surface area (TPSA) is 138 Å². The van der Waals surface area contributed by atoms with Gasteiger partial charge in [-0.3, -0.25) is 14.4 Å². The molecule has 1 N–H and O–H groups in total. The largest absolute Gasteiger partial charge is 0.511 e. The Labute approximate surface area is 302 Å². The van der Waals surface area contributed by atoms with Crippen molar-refractivity contribution in [1.29, 1.82) is 0 Å². The Kier molecular flexibility index (Phi) is 13.3. The fourth-order valence-electron chi connectivity index (χ4n) is 7.27. The van der Waals surface area contributed by atoms with Gasteiger partial charge in [-0.05, 0) is 39.2 Å². The minimum atomic E-state index is -0.997. The number of oxime groups is 1. The smallest absolute Gasteiger partial charge is 0.451 e. The lowest BCUT2D eigenvalue weighted by Gasteiger charge is -2.42. The molecule has 5 rings (SSSR count). The number of halogens is 2. The quantitative estimate of drug-likeness (QED) is 0.103. The van der Waals surface area contributed by atoms with Gasteiger partial charge in [0.05, 0.1) is 18.4 Å². The second kappa shape index (κ2) is 17.8. The van der Waals surface area contributed by atoms with Crippen LogP contribution in [0.15, 0.2) is 34.3 Å². The zero-order chi connectivity index (χ0) is 37.3. The molecule has 1 saturated heterocycles. The van der Waals surface area contributed by atoms with Gasteiger partial charge in [0.1, 0.15) is 17.2 Å². The summed E-state index contributed by atoms with van der Waals surface area (Å²) in [7, 11) is 0. The molecular formula is C38H50F2N4O8. The SMILES string of the molecule is CCCCCCCCCCCCOC(=O)OCOc1c2n(cc(C(=O)NCc3ccc(F)cc3F)c1=O)[C@@H]1CN(C2=O)[C@@H](C)CC[C@]12CC(C)=NO2. The Hall–Kier alpha value is -4.49.